The van der Waals surface area contributed by atoms with Gasteiger partial charge in [-0.2, -0.15) is 0 Å². The molecule has 2 aromatic heterocycles. The highest BCUT2D eigenvalue weighted by Gasteiger charge is 2.12. The molecule has 0 unspecified atom stereocenters. The second kappa shape index (κ2) is 6.65. The molecule has 0 spiro atoms. The zero-order chi connectivity index (χ0) is 14.7. The molecule has 0 aliphatic carbocycles. The first kappa shape index (κ1) is 15.4. The molecule has 110 valence electrons. The Hall–Kier alpha value is -0.980. The number of unbranched alkanes of at least 4 members (excludes halogenated alkanes) is 2. The maximum Gasteiger partial charge on any atom is 0.263 e. The van der Waals surface area contributed by atoms with Crippen LogP contribution in [0, 0.1) is 18.6 Å². The molecule has 0 aromatic carbocycles. The summed E-state index contributed by atoms with van der Waals surface area (Å²) in [6.07, 6.45) is 2.99. The lowest BCUT2D eigenvalue weighted by Gasteiger charge is -2.06. The molecule has 2 aromatic rings. The van der Waals surface area contributed by atoms with Crippen LogP contribution in [0.4, 0.5) is 0 Å². The zero-order valence-electron chi connectivity index (χ0n) is 12.1. The van der Waals surface area contributed by atoms with E-state index in [1.165, 1.54) is 4.88 Å². The summed E-state index contributed by atoms with van der Waals surface area (Å²) in [5.41, 5.74) is 1.10. The van der Waals surface area contributed by atoms with Crippen LogP contribution in [0.3, 0.4) is 0 Å². The van der Waals surface area contributed by atoms with Crippen molar-refractivity contribution in [2.24, 2.45) is 0 Å². The lowest BCUT2D eigenvalue weighted by Crippen LogP contribution is -2.22. The first-order valence-electron chi connectivity index (χ1n) is 6.78. The van der Waals surface area contributed by atoms with E-state index in [2.05, 4.69) is 4.98 Å². The van der Waals surface area contributed by atoms with E-state index in [4.69, 9.17) is 17.0 Å². The van der Waals surface area contributed by atoms with Gasteiger partial charge in [-0.3, -0.25) is 9.36 Å². The smallest absolute Gasteiger partial charge is 0.263 e. The van der Waals surface area contributed by atoms with E-state index in [9.17, 15) is 4.79 Å². The van der Waals surface area contributed by atoms with E-state index < -0.39 is 0 Å². The number of aromatic amines is 1. The Kier molecular flexibility index (Phi) is 5.12. The van der Waals surface area contributed by atoms with Crippen molar-refractivity contribution >= 4 is 33.8 Å². The minimum atomic E-state index is 0.0392. The van der Waals surface area contributed by atoms with Crippen LogP contribution in [-0.2, 0) is 11.3 Å². The number of rotatable bonds is 6. The van der Waals surface area contributed by atoms with Crippen LogP contribution in [0.25, 0.3) is 10.2 Å². The van der Waals surface area contributed by atoms with Gasteiger partial charge in [0.15, 0.2) is 4.77 Å². The largest absolute Gasteiger partial charge is 0.385 e. The fourth-order valence-electron chi connectivity index (χ4n) is 2.26. The number of H-pyrrole nitrogens is 1. The Bertz CT molecular complexity index is 712. The molecule has 0 atom stereocenters. The van der Waals surface area contributed by atoms with Crippen molar-refractivity contribution in [3.8, 4) is 0 Å². The van der Waals surface area contributed by atoms with Crippen molar-refractivity contribution < 1.29 is 4.74 Å². The Labute approximate surface area is 127 Å². The number of nitrogens with zero attached hydrogens (tertiary/aromatic N) is 1. The van der Waals surface area contributed by atoms with E-state index in [0.717, 1.165) is 41.6 Å². The highest BCUT2D eigenvalue weighted by atomic mass is 32.1. The normalized spacial score (nSPS) is 11.3. The maximum atomic E-state index is 12.6. The Morgan fingerprint density at radius 3 is 2.75 bits per heavy atom. The van der Waals surface area contributed by atoms with Gasteiger partial charge >= 0.3 is 0 Å². The summed E-state index contributed by atoms with van der Waals surface area (Å²) in [4.78, 5) is 17.8. The first-order valence-corrected chi connectivity index (χ1v) is 8.00. The molecule has 2 heterocycles. The van der Waals surface area contributed by atoms with Crippen LogP contribution in [0.1, 0.15) is 29.7 Å². The molecule has 0 bridgehead atoms. The number of aromatic nitrogens is 2. The van der Waals surface area contributed by atoms with Gasteiger partial charge in [-0.1, -0.05) is 0 Å². The lowest BCUT2D eigenvalue weighted by molar-refractivity contribution is 0.191. The molecule has 6 heteroatoms. The Morgan fingerprint density at radius 2 is 2.05 bits per heavy atom. The third-order valence-corrected chi connectivity index (χ3v) is 4.99. The number of hydrogen-bond acceptors (Lipinski definition) is 4. The highest BCUT2D eigenvalue weighted by molar-refractivity contribution is 7.71. The van der Waals surface area contributed by atoms with Crippen LogP contribution in [0.5, 0.6) is 0 Å². The molecule has 0 aliphatic heterocycles. The molecule has 0 saturated carbocycles. The van der Waals surface area contributed by atoms with Crippen molar-refractivity contribution in [3.63, 3.8) is 0 Å². The minimum absolute atomic E-state index is 0.0392. The number of methoxy groups -OCH3 is 1. The summed E-state index contributed by atoms with van der Waals surface area (Å²) in [6, 6.07) is 0. The fraction of sp³-hybridized carbons (Fsp3) is 0.571. The third kappa shape index (κ3) is 3.02. The summed E-state index contributed by atoms with van der Waals surface area (Å²) in [5.74, 6) is 0. The van der Waals surface area contributed by atoms with Gasteiger partial charge < -0.3 is 9.72 Å². The third-order valence-electron chi connectivity index (χ3n) is 3.54. The quantitative estimate of drug-likeness (QED) is 0.655. The number of hydrogen-bond donors (Lipinski definition) is 1. The van der Waals surface area contributed by atoms with Crippen LogP contribution in [-0.4, -0.2) is 23.3 Å². The lowest BCUT2D eigenvalue weighted by atomic mass is 10.2. The van der Waals surface area contributed by atoms with Crippen molar-refractivity contribution in [1.29, 1.82) is 0 Å². The zero-order valence-corrected chi connectivity index (χ0v) is 13.7. The SMILES string of the molecule is COCCCCCn1c(=S)[nH]c2sc(C)c(C)c2c1=O. The van der Waals surface area contributed by atoms with E-state index >= 15 is 0 Å². The standard InChI is InChI=1S/C14H20N2O2S2/c1-9-10(2)20-12-11(9)13(17)16(14(19)15-12)7-5-4-6-8-18-3/h4-8H2,1-3H3,(H,15,19). The van der Waals surface area contributed by atoms with Gasteiger partial charge in [-0.15, -0.1) is 11.3 Å². The van der Waals surface area contributed by atoms with Gasteiger partial charge in [0.2, 0.25) is 0 Å². The molecule has 20 heavy (non-hydrogen) atoms. The van der Waals surface area contributed by atoms with Crippen LogP contribution in [0.2, 0.25) is 0 Å². The van der Waals surface area contributed by atoms with Gasteiger partial charge in [-0.25, -0.2) is 0 Å². The number of fused-ring (bicyclic) bond motifs is 1. The van der Waals surface area contributed by atoms with Crippen molar-refractivity contribution in [1.82, 2.24) is 9.55 Å². The summed E-state index contributed by atoms with van der Waals surface area (Å²) in [5, 5.41) is 0.790. The number of ether oxygens (including phenoxy) is 1. The van der Waals surface area contributed by atoms with Gasteiger partial charge in [0.05, 0.1) is 5.39 Å². The van der Waals surface area contributed by atoms with Crippen molar-refractivity contribution in [2.75, 3.05) is 13.7 Å². The van der Waals surface area contributed by atoms with E-state index in [1.54, 1.807) is 23.0 Å². The predicted octanol–water partition coefficient (Wildman–Crippen LogP) is 3.55. The van der Waals surface area contributed by atoms with Gasteiger partial charge in [0.25, 0.3) is 5.56 Å². The molecule has 0 fully saturated rings. The van der Waals surface area contributed by atoms with E-state index in [-0.39, 0.29) is 5.56 Å². The monoisotopic (exact) mass is 312 g/mol. The Morgan fingerprint density at radius 1 is 1.30 bits per heavy atom. The summed E-state index contributed by atoms with van der Waals surface area (Å²) < 4.78 is 7.23. The molecule has 4 nitrogen and oxygen atoms in total. The molecule has 1 N–H and O–H groups in total. The van der Waals surface area contributed by atoms with Crippen molar-refractivity contribution in [2.45, 2.75) is 39.7 Å². The van der Waals surface area contributed by atoms with Crippen molar-refractivity contribution in [3.05, 3.63) is 25.6 Å². The molecule has 0 saturated heterocycles. The second-order valence-corrected chi connectivity index (χ2v) is 6.54. The molecule has 0 aliphatic rings. The minimum Gasteiger partial charge on any atom is -0.385 e. The summed E-state index contributed by atoms with van der Waals surface area (Å²) in [7, 11) is 1.70. The van der Waals surface area contributed by atoms with Crippen LogP contribution in [0.15, 0.2) is 4.79 Å². The molecular weight excluding hydrogens is 292 g/mol. The summed E-state index contributed by atoms with van der Waals surface area (Å²) >= 11 is 6.91. The fourth-order valence-corrected chi connectivity index (χ4v) is 3.65. The predicted molar refractivity (Wildman–Crippen MR) is 86.5 cm³/mol. The second-order valence-electron chi connectivity index (χ2n) is 4.93. The Balaban J connectivity index is 2.27. The molecular formula is C14H20N2O2S2. The highest BCUT2D eigenvalue weighted by Crippen LogP contribution is 2.25. The van der Waals surface area contributed by atoms with Gasteiger partial charge in [-0.05, 0) is 50.9 Å². The maximum absolute atomic E-state index is 12.6. The summed E-state index contributed by atoms with van der Waals surface area (Å²) in [6.45, 7) is 5.46. The first-order chi connectivity index (χ1) is 9.56. The van der Waals surface area contributed by atoms with Crippen LogP contribution >= 0.6 is 23.6 Å². The topological polar surface area (TPSA) is 47.0 Å². The molecule has 2 rings (SSSR count). The number of aryl methyl sites for hydroxylation is 2. The van der Waals surface area contributed by atoms with Gasteiger partial charge in [0.1, 0.15) is 4.83 Å². The average molecular weight is 312 g/mol. The average Bonchev–Trinajstić information content (AvgIpc) is 2.68. The number of nitrogens with one attached hydrogen (secondary N) is 1. The van der Waals surface area contributed by atoms with E-state index in [0.29, 0.717) is 11.3 Å². The molecule has 0 amide bonds. The molecule has 0 radical (unpaired) electrons. The van der Waals surface area contributed by atoms with Crippen LogP contribution < -0.4 is 5.56 Å². The number of thiophene rings is 1. The van der Waals surface area contributed by atoms with E-state index in [1.807, 2.05) is 13.8 Å². The van der Waals surface area contributed by atoms with Gasteiger partial charge in [0, 0.05) is 25.1 Å².